The van der Waals surface area contributed by atoms with Gasteiger partial charge in [-0.3, -0.25) is 0 Å². The van der Waals surface area contributed by atoms with Crippen molar-refractivity contribution in [1.82, 2.24) is 0 Å². The minimum atomic E-state index is -0.111. The van der Waals surface area contributed by atoms with E-state index >= 15 is 0 Å². The maximum absolute atomic E-state index is 6.41. The van der Waals surface area contributed by atoms with E-state index in [9.17, 15) is 0 Å². The van der Waals surface area contributed by atoms with Crippen molar-refractivity contribution in [3.63, 3.8) is 0 Å². The molecular weight excluding hydrogens is 338 g/mol. The molecule has 1 aromatic carbocycles. The molecule has 0 bridgehead atoms. The van der Waals surface area contributed by atoms with Crippen LogP contribution in [-0.2, 0) is 11.0 Å². The Morgan fingerprint density at radius 3 is 2.54 bits per heavy atom. The molecule has 0 radical (unpaired) electrons. The minimum absolute atomic E-state index is 0.0289. The van der Waals surface area contributed by atoms with Gasteiger partial charge in [-0.15, -0.1) is 11.3 Å². The predicted octanol–water partition coefficient (Wildman–Crippen LogP) is 6.92. The Hall–Kier alpha value is -1.74. The maximum Gasteiger partial charge on any atom is 0.145 e. The zero-order valence-electron chi connectivity index (χ0n) is 16.7. The Morgan fingerprint density at radius 1 is 1.08 bits per heavy atom. The largest absolute Gasteiger partial charge is 0.458 e. The Kier molecular flexibility index (Phi) is 2.88. The van der Waals surface area contributed by atoms with Crippen molar-refractivity contribution in [2.45, 2.75) is 65.5 Å². The van der Waals surface area contributed by atoms with Gasteiger partial charge in [0.2, 0.25) is 0 Å². The molecule has 0 spiro atoms. The summed E-state index contributed by atoms with van der Waals surface area (Å²) in [6.07, 6.45) is 0. The number of fused-ring (bicyclic) bond motifs is 7. The Bertz CT molecular complexity index is 1050. The molecule has 0 fully saturated rings. The number of aryl methyl sites for hydroxylation is 1. The highest BCUT2D eigenvalue weighted by molar-refractivity contribution is 7.17. The van der Waals surface area contributed by atoms with Gasteiger partial charge in [-0.2, -0.15) is 0 Å². The maximum atomic E-state index is 6.41. The molecule has 0 saturated heterocycles. The van der Waals surface area contributed by atoms with Gasteiger partial charge in [-0.25, -0.2) is 0 Å². The molecule has 0 aliphatic carbocycles. The number of furan rings is 1. The van der Waals surface area contributed by atoms with Crippen LogP contribution in [0.3, 0.4) is 0 Å². The number of hydrogen-bond acceptors (Lipinski definition) is 3. The minimum Gasteiger partial charge on any atom is -0.458 e. The van der Waals surface area contributed by atoms with E-state index in [1.165, 1.54) is 27.1 Å². The predicted molar refractivity (Wildman–Crippen MR) is 110 cm³/mol. The summed E-state index contributed by atoms with van der Waals surface area (Å²) in [5.41, 5.74) is 6.65. The standard InChI is InChI=1S/C23H27NOS/c1-13-9-8-10-15-18(13)24-14(2)19-17(20-16(25-19)11-12-26-20)23(24,7)22(5,6)21(15,3)4/h8-12,14H,1-7H3. The van der Waals surface area contributed by atoms with Crippen LogP contribution in [0.1, 0.15) is 70.0 Å². The average Bonchev–Trinajstić information content (AvgIpc) is 3.19. The second-order valence-corrected chi connectivity index (χ2v) is 10.2. The third kappa shape index (κ3) is 1.49. The molecule has 2 aliphatic heterocycles. The Morgan fingerprint density at radius 2 is 1.81 bits per heavy atom. The Labute approximate surface area is 159 Å². The van der Waals surface area contributed by atoms with E-state index in [4.69, 9.17) is 4.42 Å². The monoisotopic (exact) mass is 365 g/mol. The summed E-state index contributed by atoms with van der Waals surface area (Å²) in [4.78, 5) is 2.66. The molecule has 2 aliphatic rings. The van der Waals surface area contributed by atoms with Crippen molar-refractivity contribution in [2.24, 2.45) is 5.41 Å². The molecule has 4 heterocycles. The number of hydrogen-bond donors (Lipinski definition) is 0. The average molecular weight is 366 g/mol. The van der Waals surface area contributed by atoms with Crippen molar-refractivity contribution in [1.29, 1.82) is 0 Å². The van der Waals surface area contributed by atoms with Crippen molar-refractivity contribution >= 4 is 27.3 Å². The summed E-state index contributed by atoms with van der Waals surface area (Å²) in [5, 5.41) is 2.16. The number of rotatable bonds is 0. The smallest absolute Gasteiger partial charge is 0.145 e. The highest BCUT2D eigenvalue weighted by atomic mass is 32.1. The number of benzene rings is 1. The number of nitrogens with zero attached hydrogens (tertiary/aromatic N) is 1. The van der Waals surface area contributed by atoms with Gasteiger partial charge in [0.25, 0.3) is 0 Å². The lowest BCUT2D eigenvalue weighted by molar-refractivity contribution is 0.0661. The molecule has 136 valence electrons. The van der Waals surface area contributed by atoms with Gasteiger partial charge in [0.05, 0.1) is 16.3 Å². The highest BCUT2D eigenvalue weighted by Crippen LogP contribution is 2.68. The fraction of sp³-hybridized carbons (Fsp3) is 0.478. The van der Waals surface area contributed by atoms with Crippen LogP contribution in [0, 0.1) is 12.3 Å². The van der Waals surface area contributed by atoms with E-state index in [0.29, 0.717) is 0 Å². The molecule has 0 N–H and O–H groups in total. The summed E-state index contributed by atoms with van der Waals surface area (Å²) in [6.45, 7) is 16.7. The molecule has 0 saturated carbocycles. The van der Waals surface area contributed by atoms with E-state index in [2.05, 4.69) is 83.0 Å². The lowest BCUT2D eigenvalue weighted by atomic mass is 9.51. The lowest BCUT2D eigenvalue weighted by Gasteiger charge is -2.62. The summed E-state index contributed by atoms with van der Waals surface area (Å²) < 4.78 is 7.74. The SMILES string of the molecule is Cc1cccc2c1N1C(C)c3oc4ccsc4c3C1(C)C(C)(C)C2(C)C. The fourth-order valence-corrected chi connectivity index (χ4v) is 6.65. The summed E-state index contributed by atoms with van der Waals surface area (Å²) in [7, 11) is 0. The first kappa shape index (κ1) is 16.4. The number of para-hydroxylation sites is 1. The second kappa shape index (κ2) is 4.56. The molecule has 0 amide bonds. The van der Waals surface area contributed by atoms with Crippen LogP contribution >= 0.6 is 11.3 Å². The number of anilines is 1. The van der Waals surface area contributed by atoms with E-state index in [0.717, 1.165) is 11.3 Å². The third-order valence-electron chi connectivity index (χ3n) is 7.99. The fourth-order valence-electron chi connectivity index (χ4n) is 5.68. The van der Waals surface area contributed by atoms with Gasteiger partial charge in [0.1, 0.15) is 11.3 Å². The van der Waals surface area contributed by atoms with Crippen LogP contribution in [0.2, 0.25) is 0 Å². The molecule has 3 aromatic rings. The first-order valence-corrected chi connectivity index (χ1v) is 10.4. The zero-order valence-corrected chi connectivity index (χ0v) is 17.5. The van der Waals surface area contributed by atoms with E-state index in [1.807, 2.05) is 11.3 Å². The summed E-state index contributed by atoms with van der Waals surface area (Å²) in [5.74, 6) is 1.16. The van der Waals surface area contributed by atoms with Gasteiger partial charge < -0.3 is 9.32 Å². The quantitative estimate of drug-likeness (QED) is 0.430. The molecule has 5 rings (SSSR count). The molecular formula is C23H27NOS. The molecule has 3 heteroatoms. The van der Waals surface area contributed by atoms with Crippen LogP contribution < -0.4 is 4.90 Å². The molecule has 26 heavy (non-hydrogen) atoms. The van der Waals surface area contributed by atoms with E-state index in [1.54, 1.807) is 0 Å². The van der Waals surface area contributed by atoms with Crippen LogP contribution in [0.5, 0.6) is 0 Å². The molecule has 2 nitrogen and oxygen atoms in total. The van der Waals surface area contributed by atoms with Crippen LogP contribution in [-0.4, -0.2) is 0 Å². The normalized spacial score (nSPS) is 28.1. The second-order valence-electron chi connectivity index (χ2n) is 9.29. The van der Waals surface area contributed by atoms with Gasteiger partial charge in [-0.05, 0) is 48.8 Å². The van der Waals surface area contributed by atoms with Crippen molar-refractivity contribution in [3.05, 3.63) is 52.1 Å². The Balaban J connectivity index is 1.95. The van der Waals surface area contributed by atoms with Crippen molar-refractivity contribution in [3.8, 4) is 0 Å². The van der Waals surface area contributed by atoms with E-state index < -0.39 is 0 Å². The third-order valence-corrected chi connectivity index (χ3v) is 8.90. The van der Waals surface area contributed by atoms with Gasteiger partial charge >= 0.3 is 0 Å². The van der Waals surface area contributed by atoms with E-state index in [-0.39, 0.29) is 22.4 Å². The first-order valence-electron chi connectivity index (χ1n) is 9.54. The number of thiophene rings is 1. The van der Waals surface area contributed by atoms with Gasteiger partial charge in [-0.1, -0.05) is 45.9 Å². The molecule has 2 atom stereocenters. The molecule has 2 aromatic heterocycles. The summed E-state index contributed by atoms with van der Waals surface area (Å²) >= 11 is 1.82. The van der Waals surface area contributed by atoms with Crippen LogP contribution in [0.25, 0.3) is 10.3 Å². The van der Waals surface area contributed by atoms with Crippen LogP contribution in [0.4, 0.5) is 5.69 Å². The highest BCUT2D eigenvalue weighted by Gasteiger charge is 2.65. The first-order chi connectivity index (χ1) is 12.1. The van der Waals surface area contributed by atoms with Gasteiger partial charge in [0, 0.05) is 16.7 Å². The lowest BCUT2D eigenvalue weighted by Crippen LogP contribution is -2.62. The van der Waals surface area contributed by atoms with Crippen LogP contribution in [0.15, 0.2) is 34.1 Å². The van der Waals surface area contributed by atoms with Crippen molar-refractivity contribution < 1.29 is 4.42 Å². The summed E-state index contributed by atoms with van der Waals surface area (Å²) in [6, 6.07) is 9.16. The van der Waals surface area contributed by atoms with Crippen molar-refractivity contribution in [2.75, 3.05) is 4.90 Å². The molecule has 2 unspecified atom stereocenters. The zero-order chi connectivity index (χ0) is 18.6. The van der Waals surface area contributed by atoms with Gasteiger partial charge in [0.15, 0.2) is 0 Å². The topological polar surface area (TPSA) is 16.4 Å².